The summed E-state index contributed by atoms with van der Waals surface area (Å²) in [4.78, 5) is 19.1. The third-order valence-corrected chi connectivity index (χ3v) is 1.94. The lowest BCUT2D eigenvalue weighted by molar-refractivity contribution is -0.117. The second-order valence-corrected chi connectivity index (χ2v) is 3.26. The smallest absolute Gasteiger partial charge is 0.235 e. The number of rotatable bonds is 4. The zero-order valence-corrected chi connectivity index (χ0v) is 8.65. The van der Waals surface area contributed by atoms with Gasteiger partial charge in [0, 0.05) is 24.7 Å². The van der Waals surface area contributed by atoms with Crippen LogP contribution in [0.15, 0.2) is 12.4 Å². The second kappa shape index (κ2) is 4.69. The SMILES string of the molecule is COc1nccnc1C(C)CC(C)=O. The van der Waals surface area contributed by atoms with E-state index in [0.717, 1.165) is 5.69 Å². The Balaban J connectivity index is 2.87. The summed E-state index contributed by atoms with van der Waals surface area (Å²) in [6, 6.07) is 0. The van der Waals surface area contributed by atoms with Crippen LogP contribution in [0.4, 0.5) is 0 Å². The van der Waals surface area contributed by atoms with E-state index < -0.39 is 0 Å². The summed E-state index contributed by atoms with van der Waals surface area (Å²) in [5.74, 6) is 0.697. The molecule has 0 bridgehead atoms. The van der Waals surface area contributed by atoms with E-state index in [9.17, 15) is 4.79 Å². The summed E-state index contributed by atoms with van der Waals surface area (Å²) < 4.78 is 5.06. The minimum atomic E-state index is 0.0520. The Morgan fingerprint density at radius 1 is 1.50 bits per heavy atom. The van der Waals surface area contributed by atoms with E-state index in [-0.39, 0.29) is 11.7 Å². The van der Waals surface area contributed by atoms with Crippen LogP contribution in [0.1, 0.15) is 31.9 Å². The highest BCUT2D eigenvalue weighted by molar-refractivity contribution is 5.76. The normalized spacial score (nSPS) is 12.2. The van der Waals surface area contributed by atoms with Gasteiger partial charge in [-0.3, -0.25) is 4.98 Å². The lowest BCUT2D eigenvalue weighted by Crippen LogP contribution is -2.05. The van der Waals surface area contributed by atoms with Gasteiger partial charge in [-0.05, 0) is 6.92 Å². The zero-order chi connectivity index (χ0) is 10.6. The van der Waals surface area contributed by atoms with E-state index in [4.69, 9.17) is 4.74 Å². The summed E-state index contributed by atoms with van der Waals surface area (Å²) in [7, 11) is 1.55. The van der Waals surface area contributed by atoms with Crippen LogP contribution in [0.25, 0.3) is 0 Å². The van der Waals surface area contributed by atoms with Crippen LogP contribution < -0.4 is 4.74 Å². The van der Waals surface area contributed by atoms with Crippen molar-refractivity contribution in [3.05, 3.63) is 18.1 Å². The molecule has 1 atom stereocenters. The first-order chi connectivity index (χ1) is 6.65. The van der Waals surface area contributed by atoms with Crippen molar-refractivity contribution >= 4 is 5.78 Å². The highest BCUT2D eigenvalue weighted by Crippen LogP contribution is 2.23. The summed E-state index contributed by atoms with van der Waals surface area (Å²) >= 11 is 0. The van der Waals surface area contributed by atoms with Crippen LogP contribution in [0, 0.1) is 0 Å². The van der Waals surface area contributed by atoms with Crippen molar-refractivity contribution in [3.8, 4) is 5.88 Å². The number of aromatic nitrogens is 2. The molecule has 0 spiro atoms. The molecule has 14 heavy (non-hydrogen) atoms. The monoisotopic (exact) mass is 194 g/mol. The first-order valence-corrected chi connectivity index (χ1v) is 4.49. The fraction of sp³-hybridized carbons (Fsp3) is 0.500. The standard InChI is InChI=1S/C10H14N2O2/c1-7(6-8(2)13)9-10(14-3)12-5-4-11-9/h4-5,7H,6H2,1-3H3. The molecule has 0 aliphatic rings. The second-order valence-electron chi connectivity index (χ2n) is 3.26. The molecule has 1 aromatic heterocycles. The summed E-state index contributed by atoms with van der Waals surface area (Å²) in [6.45, 7) is 3.51. The lowest BCUT2D eigenvalue weighted by atomic mass is 10.0. The van der Waals surface area contributed by atoms with E-state index >= 15 is 0 Å². The molecular weight excluding hydrogens is 180 g/mol. The maximum Gasteiger partial charge on any atom is 0.235 e. The van der Waals surface area contributed by atoms with Crippen LogP contribution >= 0.6 is 0 Å². The maximum absolute atomic E-state index is 10.9. The largest absolute Gasteiger partial charge is 0.480 e. The number of hydrogen-bond donors (Lipinski definition) is 0. The van der Waals surface area contributed by atoms with Gasteiger partial charge in [-0.2, -0.15) is 0 Å². The van der Waals surface area contributed by atoms with Gasteiger partial charge in [0.2, 0.25) is 5.88 Å². The van der Waals surface area contributed by atoms with Crippen molar-refractivity contribution in [2.75, 3.05) is 7.11 Å². The first-order valence-electron chi connectivity index (χ1n) is 4.49. The van der Waals surface area contributed by atoms with E-state index in [1.165, 1.54) is 0 Å². The number of carbonyl (C=O) groups excluding carboxylic acids is 1. The minimum Gasteiger partial charge on any atom is -0.480 e. The third-order valence-electron chi connectivity index (χ3n) is 1.94. The summed E-state index contributed by atoms with van der Waals surface area (Å²) in [6.07, 6.45) is 3.65. The average Bonchev–Trinajstić information content (AvgIpc) is 2.16. The van der Waals surface area contributed by atoms with E-state index in [1.807, 2.05) is 6.92 Å². The van der Waals surface area contributed by atoms with Crippen molar-refractivity contribution in [2.24, 2.45) is 0 Å². The van der Waals surface area contributed by atoms with Crippen molar-refractivity contribution in [1.82, 2.24) is 9.97 Å². The van der Waals surface area contributed by atoms with Gasteiger partial charge in [0.25, 0.3) is 0 Å². The molecule has 1 rings (SSSR count). The van der Waals surface area contributed by atoms with Crippen molar-refractivity contribution in [3.63, 3.8) is 0 Å². The molecule has 1 unspecified atom stereocenters. The van der Waals surface area contributed by atoms with Crippen molar-refractivity contribution in [1.29, 1.82) is 0 Å². The third kappa shape index (κ3) is 2.52. The number of hydrogen-bond acceptors (Lipinski definition) is 4. The molecule has 1 aromatic rings. The van der Waals surface area contributed by atoms with Crippen LogP contribution in [-0.2, 0) is 4.79 Å². The molecule has 0 radical (unpaired) electrons. The molecule has 1 heterocycles. The zero-order valence-electron chi connectivity index (χ0n) is 8.65. The molecule has 4 heteroatoms. The molecule has 0 aromatic carbocycles. The quantitative estimate of drug-likeness (QED) is 0.730. The van der Waals surface area contributed by atoms with Crippen molar-refractivity contribution in [2.45, 2.75) is 26.2 Å². The van der Waals surface area contributed by atoms with Crippen LogP contribution in [0.5, 0.6) is 5.88 Å². The van der Waals surface area contributed by atoms with Crippen molar-refractivity contribution < 1.29 is 9.53 Å². The fourth-order valence-electron chi connectivity index (χ4n) is 1.36. The molecule has 0 saturated carbocycles. The number of nitrogens with zero attached hydrogens (tertiary/aromatic N) is 2. The lowest BCUT2D eigenvalue weighted by Gasteiger charge is -2.11. The Morgan fingerprint density at radius 2 is 2.14 bits per heavy atom. The van der Waals surface area contributed by atoms with Crippen LogP contribution in [0.2, 0.25) is 0 Å². The van der Waals surface area contributed by atoms with Gasteiger partial charge in [-0.15, -0.1) is 0 Å². The molecule has 0 aliphatic carbocycles. The van der Waals surface area contributed by atoms with Gasteiger partial charge in [-0.25, -0.2) is 4.98 Å². The maximum atomic E-state index is 10.9. The minimum absolute atomic E-state index is 0.0520. The van der Waals surface area contributed by atoms with Gasteiger partial charge in [0.15, 0.2) is 0 Å². The van der Waals surface area contributed by atoms with Crippen LogP contribution in [-0.4, -0.2) is 22.9 Å². The number of Topliss-reactive ketones (excluding diaryl/α,β-unsaturated/α-hetero) is 1. The van der Waals surface area contributed by atoms with Gasteiger partial charge in [-0.1, -0.05) is 6.92 Å². The highest BCUT2D eigenvalue weighted by Gasteiger charge is 2.15. The Kier molecular flexibility index (Phi) is 3.56. The first kappa shape index (κ1) is 10.6. The Hall–Kier alpha value is -1.45. The number of ether oxygens (including phenoxy) is 1. The molecule has 76 valence electrons. The number of carbonyl (C=O) groups is 1. The molecular formula is C10H14N2O2. The van der Waals surface area contributed by atoms with E-state index in [0.29, 0.717) is 12.3 Å². The van der Waals surface area contributed by atoms with Crippen LogP contribution in [0.3, 0.4) is 0 Å². The Bertz CT molecular complexity index is 326. The van der Waals surface area contributed by atoms with Gasteiger partial charge >= 0.3 is 0 Å². The highest BCUT2D eigenvalue weighted by atomic mass is 16.5. The van der Waals surface area contributed by atoms with Gasteiger partial charge in [0.05, 0.1) is 7.11 Å². The summed E-state index contributed by atoms with van der Waals surface area (Å²) in [5.41, 5.74) is 0.741. The fourth-order valence-corrected chi connectivity index (χ4v) is 1.36. The molecule has 0 N–H and O–H groups in total. The summed E-state index contributed by atoms with van der Waals surface area (Å²) in [5, 5.41) is 0. The average molecular weight is 194 g/mol. The molecule has 0 saturated heterocycles. The molecule has 0 fully saturated rings. The van der Waals surface area contributed by atoms with E-state index in [1.54, 1.807) is 26.4 Å². The van der Waals surface area contributed by atoms with Gasteiger partial charge < -0.3 is 9.53 Å². The number of ketones is 1. The Morgan fingerprint density at radius 3 is 2.71 bits per heavy atom. The predicted molar refractivity (Wildman–Crippen MR) is 52.3 cm³/mol. The number of methoxy groups -OCH3 is 1. The molecule has 4 nitrogen and oxygen atoms in total. The topological polar surface area (TPSA) is 52.1 Å². The Labute approximate surface area is 83.3 Å². The van der Waals surface area contributed by atoms with E-state index in [2.05, 4.69) is 9.97 Å². The van der Waals surface area contributed by atoms with Gasteiger partial charge in [0.1, 0.15) is 11.5 Å². The molecule has 0 aliphatic heterocycles. The molecule has 0 amide bonds. The predicted octanol–water partition coefficient (Wildman–Crippen LogP) is 1.57.